The first-order valence-electron chi connectivity index (χ1n) is 13.8. The Morgan fingerprint density at radius 2 is 1.43 bits per heavy atom. The monoisotopic (exact) mass is 623 g/mol. The van der Waals surface area contributed by atoms with E-state index in [9.17, 15) is 31.2 Å². The topological polar surface area (TPSA) is 86.8 Å². The number of carbonyl (C=O) groups is 2. The summed E-state index contributed by atoms with van der Waals surface area (Å²) >= 11 is 0. The normalized spacial score (nSPS) is 12.3. The van der Waals surface area contributed by atoms with Gasteiger partial charge < -0.3 is 10.2 Å². The number of rotatable bonds is 11. The third kappa shape index (κ3) is 7.84. The van der Waals surface area contributed by atoms with E-state index < -0.39 is 46.2 Å². The van der Waals surface area contributed by atoms with Crippen LogP contribution in [-0.4, -0.2) is 44.8 Å². The lowest BCUT2D eigenvalue weighted by Gasteiger charge is -2.33. The zero-order chi connectivity index (χ0) is 31.9. The molecule has 0 aliphatic carbocycles. The molecule has 0 bridgehead atoms. The molecule has 230 valence electrons. The number of sulfonamides is 1. The molecule has 44 heavy (non-hydrogen) atoms. The van der Waals surface area contributed by atoms with Crippen molar-refractivity contribution in [2.24, 2.45) is 0 Å². The van der Waals surface area contributed by atoms with Crippen molar-refractivity contribution >= 4 is 27.5 Å². The van der Waals surface area contributed by atoms with Gasteiger partial charge in [-0.1, -0.05) is 84.4 Å². The first-order valence-corrected chi connectivity index (χ1v) is 15.2. The highest BCUT2D eigenvalue weighted by molar-refractivity contribution is 7.92. The molecule has 4 aromatic rings. The molecule has 4 rings (SSSR count). The van der Waals surface area contributed by atoms with Gasteiger partial charge in [0.2, 0.25) is 11.8 Å². The van der Waals surface area contributed by atoms with E-state index in [1.807, 2.05) is 25.1 Å². The molecule has 1 unspecified atom stereocenters. The molecule has 2 amide bonds. The summed E-state index contributed by atoms with van der Waals surface area (Å²) < 4.78 is 69.5. The lowest BCUT2D eigenvalue weighted by molar-refractivity contribution is -0.139. The summed E-state index contributed by atoms with van der Waals surface area (Å²) in [5.74, 6) is -1.25. The Hall–Kier alpha value is -4.64. The Kier molecular flexibility index (Phi) is 10.1. The van der Waals surface area contributed by atoms with Crippen LogP contribution < -0.4 is 9.62 Å². The van der Waals surface area contributed by atoms with Gasteiger partial charge in [0.15, 0.2) is 0 Å². The number of carbonyl (C=O) groups excluding carboxylic acids is 2. The highest BCUT2D eigenvalue weighted by Gasteiger charge is 2.36. The van der Waals surface area contributed by atoms with Crippen molar-refractivity contribution in [1.82, 2.24) is 10.2 Å². The molecular weight excluding hydrogens is 591 g/mol. The number of anilines is 1. The first-order chi connectivity index (χ1) is 20.9. The molecule has 11 heteroatoms. The third-order valence-corrected chi connectivity index (χ3v) is 8.81. The van der Waals surface area contributed by atoms with Crippen molar-refractivity contribution in [2.75, 3.05) is 17.9 Å². The zero-order valence-corrected chi connectivity index (χ0v) is 25.0. The number of aryl methyl sites for hydroxylation is 1. The SMILES string of the molecule is CNC(=O)C(Cc1ccccc1)N(Cc1cccc(C)c1)C(=O)CN(c1cccc(C(F)(F)F)c1)S(=O)(=O)c1ccccc1. The van der Waals surface area contributed by atoms with Gasteiger partial charge in [0.05, 0.1) is 16.1 Å². The number of halogens is 3. The summed E-state index contributed by atoms with van der Waals surface area (Å²) in [5, 5.41) is 2.59. The van der Waals surface area contributed by atoms with Gasteiger partial charge in [0, 0.05) is 20.0 Å². The molecule has 0 saturated carbocycles. The van der Waals surface area contributed by atoms with Gasteiger partial charge in [-0.2, -0.15) is 13.2 Å². The molecule has 0 fully saturated rings. The average Bonchev–Trinajstić information content (AvgIpc) is 3.01. The van der Waals surface area contributed by atoms with E-state index in [1.54, 1.807) is 42.5 Å². The van der Waals surface area contributed by atoms with Crippen LogP contribution in [-0.2, 0) is 38.8 Å². The molecule has 4 aromatic carbocycles. The Morgan fingerprint density at radius 3 is 2.05 bits per heavy atom. The molecular formula is C33H32F3N3O4S. The second-order valence-corrected chi connectivity index (χ2v) is 12.1. The minimum atomic E-state index is -4.75. The van der Waals surface area contributed by atoms with Crippen LogP contribution in [0.3, 0.4) is 0 Å². The summed E-state index contributed by atoms with van der Waals surface area (Å²) in [4.78, 5) is 28.6. The molecule has 0 heterocycles. The average molecular weight is 624 g/mol. The maximum atomic E-state index is 14.2. The van der Waals surface area contributed by atoms with Crippen molar-refractivity contribution in [1.29, 1.82) is 0 Å². The van der Waals surface area contributed by atoms with Crippen LogP contribution in [0, 0.1) is 6.92 Å². The van der Waals surface area contributed by atoms with Crippen molar-refractivity contribution in [2.45, 2.75) is 37.0 Å². The van der Waals surface area contributed by atoms with E-state index in [2.05, 4.69) is 5.32 Å². The van der Waals surface area contributed by atoms with Crippen LogP contribution in [0.4, 0.5) is 18.9 Å². The summed E-state index contributed by atoms with van der Waals surface area (Å²) in [7, 11) is -3.08. The Labute approximate surface area is 255 Å². The van der Waals surface area contributed by atoms with Crippen LogP contribution in [0.25, 0.3) is 0 Å². The van der Waals surface area contributed by atoms with Crippen molar-refractivity contribution < 1.29 is 31.2 Å². The number of benzene rings is 4. The third-order valence-electron chi connectivity index (χ3n) is 7.02. The van der Waals surface area contributed by atoms with Crippen LogP contribution >= 0.6 is 0 Å². The van der Waals surface area contributed by atoms with Crippen molar-refractivity contribution in [3.8, 4) is 0 Å². The van der Waals surface area contributed by atoms with E-state index in [0.717, 1.165) is 23.3 Å². The predicted octanol–water partition coefficient (Wildman–Crippen LogP) is 5.60. The van der Waals surface area contributed by atoms with Crippen molar-refractivity contribution in [3.63, 3.8) is 0 Å². The second-order valence-electron chi connectivity index (χ2n) is 10.2. The number of nitrogens with zero attached hydrogens (tertiary/aromatic N) is 2. The standard InChI is InChI=1S/C33H32F3N3O4S/c1-24-11-9-14-26(19-24)22-38(30(32(41)37-2)20-25-12-5-3-6-13-25)31(40)23-39(44(42,43)29-17-7-4-8-18-29)28-16-10-15-27(21-28)33(34,35)36/h3-19,21,30H,20,22-23H2,1-2H3,(H,37,41). The molecule has 0 aliphatic rings. The summed E-state index contributed by atoms with van der Waals surface area (Å²) in [6.07, 6.45) is -4.63. The highest BCUT2D eigenvalue weighted by Crippen LogP contribution is 2.33. The van der Waals surface area contributed by atoms with E-state index >= 15 is 0 Å². The number of likely N-dealkylation sites (N-methyl/N-ethyl adjacent to an activating group) is 1. The fraction of sp³-hybridized carbons (Fsp3) is 0.212. The molecule has 1 atom stereocenters. The number of nitrogens with one attached hydrogen (secondary N) is 1. The Bertz CT molecular complexity index is 1700. The van der Waals surface area contributed by atoms with Gasteiger partial charge in [-0.15, -0.1) is 0 Å². The minimum absolute atomic E-state index is 0.0484. The predicted molar refractivity (Wildman–Crippen MR) is 162 cm³/mol. The van der Waals surface area contributed by atoms with Gasteiger partial charge in [-0.3, -0.25) is 13.9 Å². The lowest BCUT2D eigenvalue weighted by atomic mass is 10.0. The minimum Gasteiger partial charge on any atom is -0.357 e. The second kappa shape index (κ2) is 13.8. The van der Waals surface area contributed by atoms with Gasteiger partial charge in [0.25, 0.3) is 10.0 Å². The van der Waals surface area contributed by atoms with Crippen LogP contribution in [0.5, 0.6) is 0 Å². The fourth-order valence-electron chi connectivity index (χ4n) is 4.81. The first kappa shape index (κ1) is 32.3. The van der Waals surface area contributed by atoms with Crippen molar-refractivity contribution in [3.05, 3.63) is 131 Å². The number of hydrogen-bond acceptors (Lipinski definition) is 4. The van der Waals surface area contributed by atoms with Gasteiger partial charge in [0.1, 0.15) is 12.6 Å². The van der Waals surface area contributed by atoms with E-state index in [0.29, 0.717) is 15.9 Å². The molecule has 1 N–H and O–H groups in total. The largest absolute Gasteiger partial charge is 0.416 e. The van der Waals surface area contributed by atoms with E-state index in [-0.39, 0.29) is 23.5 Å². The maximum absolute atomic E-state index is 14.2. The molecule has 0 aliphatic heterocycles. The quantitative estimate of drug-likeness (QED) is 0.236. The number of alkyl halides is 3. The molecule has 0 aromatic heterocycles. The molecule has 0 saturated heterocycles. The highest BCUT2D eigenvalue weighted by atomic mass is 32.2. The van der Waals surface area contributed by atoms with E-state index in [1.165, 1.54) is 42.3 Å². The van der Waals surface area contributed by atoms with Gasteiger partial charge in [-0.05, 0) is 48.4 Å². The fourth-order valence-corrected chi connectivity index (χ4v) is 6.24. The Balaban J connectivity index is 1.82. The summed E-state index contributed by atoms with van der Waals surface area (Å²) in [6.45, 7) is 0.970. The maximum Gasteiger partial charge on any atom is 0.416 e. The summed E-state index contributed by atoms with van der Waals surface area (Å²) in [6, 6.07) is 26.2. The number of amides is 2. The smallest absolute Gasteiger partial charge is 0.357 e. The molecule has 7 nitrogen and oxygen atoms in total. The molecule has 0 spiro atoms. The van der Waals surface area contributed by atoms with E-state index in [4.69, 9.17) is 0 Å². The van der Waals surface area contributed by atoms with Gasteiger partial charge >= 0.3 is 6.18 Å². The lowest BCUT2D eigenvalue weighted by Crippen LogP contribution is -2.53. The number of hydrogen-bond donors (Lipinski definition) is 1. The van der Waals surface area contributed by atoms with Gasteiger partial charge in [-0.25, -0.2) is 8.42 Å². The van der Waals surface area contributed by atoms with Crippen LogP contribution in [0.1, 0.15) is 22.3 Å². The van der Waals surface area contributed by atoms with Crippen LogP contribution in [0.15, 0.2) is 114 Å². The summed E-state index contributed by atoms with van der Waals surface area (Å²) in [5.41, 5.74) is 0.949. The molecule has 0 radical (unpaired) electrons. The zero-order valence-electron chi connectivity index (χ0n) is 24.2. The Morgan fingerprint density at radius 1 is 0.818 bits per heavy atom. The van der Waals surface area contributed by atoms with Crippen LogP contribution in [0.2, 0.25) is 0 Å².